The molecule has 1 aromatic carbocycles. The third-order valence-corrected chi connectivity index (χ3v) is 1.91. The Kier molecular flexibility index (Phi) is 2.68. The fraction of sp³-hybridized carbons (Fsp3) is 0.250. The van der Waals surface area contributed by atoms with Crippen LogP contribution in [0.3, 0.4) is 0 Å². The van der Waals surface area contributed by atoms with E-state index in [1.54, 1.807) is 0 Å². The third kappa shape index (κ3) is 1.95. The monoisotopic (exact) mass is 248 g/mol. The lowest BCUT2D eigenvalue weighted by Crippen LogP contribution is -1.85. The van der Waals surface area contributed by atoms with Crippen LogP contribution in [0.15, 0.2) is 18.2 Å². The van der Waals surface area contributed by atoms with Crippen molar-refractivity contribution >= 4 is 22.6 Å². The Hall–Kier alpha value is -0.0900. The van der Waals surface area contributed by atoms with Gasteiger partial charge in [0, 0.05) is 3.57 Å². The van der Waals surface area contributed by atoms with Gasteiger partial charge in [-0.3, -0.25) is 0 Å². The molecule has 10 heavy (non-hydrogen) atoms. The average Bonchev–Trinajstić information content (AvgIpc) is 1.85. The standard InChI is InChI=1S/C8H9IO/c1-6-2-7(5-10)4-8(9)3-6/h2-4,10H,5H2,1H3. The molecular formula is C8H9IO. The molecule has 2 heteroatoms. The van der Waals surface area contributed by atoms with Crippen LogP contribution in [0.1, 0.15) is 11.1 Å². The lowest BCUT2D eigenvalue weighted by atomic mass is 10.1. The maximum absolute atomic E-state index is 8.78. The molecule has 0 amide bonds. The molecule has 0 aliphatic rings. The van der Waals surface area contributed by atoms with Crippen LogP contribution in [-0.2, 0) is 6.61 Å². The fourth-order valence-electron chi connectivity index (χ4n) is 0.903. The largest absolute Gasteiger partial charge is 0.392 e. The molecule has 0 aromatic heterocycles. The normalized spacial score (nSPS) is 9.90. The first-order valence-corrected chi connectivity index (χ1v) is 4.17. The number of aryl methyl sites for hydroxylation is 1. The summed E-state index contributed by atoms with van der Waals surface area (Å²) in [7, 11) is 0. The highest BCUT2D eigenvalue weighted by Crippen LogP contribution is 2.11. The van der Waals surface area contributed by atoms with E-state index in [4.69, 9.17) is 5.11 Å². The molecule has 0 radical (unpaired) electrons. The van der Waals surface area contributed by atoms with Crippen LogP contribution in [0.25, 0.3) is 0 Å². The highest BCUT2D eigenvalue weighted by atomic mass is 127. The Balaban J connectivity index is 3.06. The molecule has 1 rings (SSSR count). The number of hydrogen-bond acceptors (Lipinski definition) is 1. The third-order valence-electron chi connectivity index (χ3n) is 1.28. The highest BCUT2D eigenvalue weighted by molar-refractivity contribution is 14.1. The molecule has 1 aromatic rings. The van der Waals surface area contributed by atoms with Gasteiger partial charge >= 0.3 is 0 Å². The molecule has 0 unspecified atom stereocenters. The SMILES string of the molecule is Cc1cc(I)cc(CO)c1. The topological polar surface area (TPSA) is 20.2 Å². The van der Waals surface area contributed by atoms with Gasteiger partial charge in [-0.2, -0.15) is 0 Å². The Morgan fingerprint density at radius 3 is 2.60 bits per heavy atom. The molecule has 0 spiro atoms. The van der Waals surface area contributed by atoms with Crippen molar-refractivity contribution in [2.45, 2.75) is 13.5 Å². The van der Waals surface area contributed by atoms with Gasteiger partial charge in [-0.25, -0.2) is 0 Å². The quantitative estimate of drug-likeness (QED) is 0.754. The molecule has 1 N–H and O–H groups in total. The lowest BCUT2D eigenvalue weighted by Gasteiger charge is -1.98. The van der Waals surface area contributed by atoms with E-state index in [0.29, 0.717) is 0 Å². The highest BCUT2D eigenvalue weighted by Gasteiger charge is 1.93. The fourth-order valence-corrected chi connectivity index (χ4v) is 1.79. The molecule has 0 atom stereocenters. The summed E-state index contributed by atoms with van der Waals surface area (Å²) in [5.41, 5.74) is 2.19. The number of hydrogen-bond donors (Lipinski definition) is 1. The van der Waals surface area contributed by atoms with Gasteiger partial charge < -0.3 is 5.11 Å². The molecule has 0 heterocycles. The predicted molar refractivity (Wildman–Crippen MR) is 49.8 cm³/mol. The summed E-state index contributed by atoms with van der Waals surface area (Å²) in [6, 6.07) is 6.05. The smallest absolute Gasteiger partial charge is 0.0682 e. The molecule has 1 nitrogen and oxygen atoms in total. The van der Waals surface area contributed by atoms with E-state index >= 15 is 0 Å². The van der Waals surface area contributed by atoms with Crippen LogP contribution in [-0.4, -0.2) is 5.11 Å². The predicted octanol–water partition coefficient (Wildman–Crippen LogP) is 2.09. The first-order valence-electron chi connectivity index (χ1n) is 3.09. The summed E-state index contributed by atoms with van der Waals surface area (Å²) in [5.74, 6) is 0. The van der Waals surface area contributed by atoms with E-state index in [0.717, 1.165) is 5.56 Å². The maximum Gasteiger partial charge on any atom is 0.0682 e. The Bertz CT molecular complexity index is 212. The van der Waals surface area contributed by atoms with Gasteiger partial charge in [0.05, 0.1) is 6.61 Å². The van der Waals surface area contributed by atoms with Gasteiger partial charge in [0.15, 0.2) is 0 Å². The van der Waals surface area contributed by atoms with Gasteiger partial charge in [-0.05, 0) is 52.8 Å². The summed E-state index contributed by atoms with van der Waals surface area (Å²) >= 11 is 2.24. The minimum absolute atomic E-state index is 0.137. The van der Waals surface area contributed by atoms with E-state index in [9.17, 15) is 0 Å². The number of halogens is 1. The van der Waals surface area contributed by atoms with Crippen molar-refractivity contribution in [2.24, 2.45) is 0 Å². The van der Waals surface area contributed by atoms with Crippen LogP contribution in [0.4, 0.5) is 0 Å². The molecular weight excluding hydrogens is 239 g/mol. The zero-order valence-corrected chi connectivity index (χ0v) is 7.92. The van der Waals surface area contributed by atoms with Crippen molar-refractivity contribution in [3.8, 4) is 0 Å². The van der Waals surface area contributed by atoms with Gasteiger partial charge in [-0.1, -0.05) is 6.07 Å². The van der Waals surface area contributed by atoms with Gasteiger partial charge in [0.2, 0.25) is 0 Å². The lowest BCUT2D eigenvalue weighted by molar-refractivity contribution is 0.281. The number of rotatable bonds is 1. The zero-order chi connectivity index (χ0) is 7.56. The van der Waals surface area contributed by atoms with Crippen molar-refractivity contribution in [2.75, 3.05) is 0 Å². The molecule has 0 saturated carbocycles. The van der Waals surface area contributed by atoms with Crippen molar-refractivity contribution in [3.05, 3.63) is 32.9 Å². The summed E-state index contributed by atoms with van der Waals surface area (Å²) in [5, 5.41) is 8.78. The first kappa shape index (κ1) is 8.01. The second-order valence-corrected chi connectivity index (χ2v) is 3.54. The van der Waals surface area contributed by atoms with Crippen LogP contribution >= 0.6 is 22.6 Å². The Morgan fingerprint density at radius 1 is 1.40 bits per heavy atom. The van der Waals surface area contributed by atoms with Crippen molar-refractivity contribution in [1.82, 2.24) is 0 Å². The minimum atomic E-state index is 0.137. The van der Waals surface area contributed by atoms with Crippen LogP contribution in [0.5, 0.6) is 0 Å². The zero-order valence-electron chi connectivity index (χ0n) is 5.76. The van der Waals surface area contributed by atoms with E-state index in [1.807, 2.05) is 19.1 Å². The molecule has 54 valence electrons. The Morgan fingerprint density at radius 2 is 2.10 bits per heavy atom. The number of aliphatic hydroxyl groups excluding tert-OH is 1. The Labute approximate surface area is 74.2 Å². The molecule has 0 aliphatic heterocycles. The number of aliphatic hydroxyl groups is 1. The van der Waals surface area contributed by atoms with Crippen molar-refractivity contribution in [1.29, 1.82) is 0 Å². The molecule has 0 saturated heterocycles. The van der Waals surface area contributed by atoms with Gasteiger partial charge in [0.1, 0.15) is 0 Å². The van der Waals surface area contributed by atoms with E-state index < -0.39 is 0 Å². The summed E-state index contributed by atoms with van der Waals surface area (Å²) < 4.78 is 1.18. The molecule has 0 aliphatic carbocycles. The first-order chi connectivity index (χ1) is 4.72. The van der Waals surface area contributed by atoms with Crippen LogP contribution in [0, 0.1) is 10.5 Å². The van der Waals surface area contributed by atoms with Crippen LogP contribution in [0.2, 0.25) is 0 Å². The van der Waals surface area contributed by atoms with Crippen molar-refractivity contribution < 1.29 is 5.11 Å². The van der Waals surface area contributed by atoms with Crippen LogP contribution < -0.4 is 0 Å². The maximum atomic E-state index is 8.78. The van der Waals surface area contributed by atoms with Gasteiger partial charge in [0.25, 0.3) is 0 Å². The second-order valence-electron chi connectivity index (χ2n) is 2.29. The van der Waals surface area contributed by atoms with E-state index in [-0.39, 0.29) is 6.61 Å². The molecule has 0 fully saturated rings. The van der Waals surface area contributed by atoms with Crippen molar-refractivity contribution in [3.63, 3.8) is 0 Å². The average molecular weight is 248 g/mol. The van der Waals surface area contributed by atoms with E-state index in [1.165, 1.54) is 9.13 Å². The summed E-state index contributed by atoms with van der Waals surface area (Å²) in [6.45, 7) is 2.17. The van der Waals surface area contributed by atoms with Gasteiger partial charge in [-0.15, -0.1) is 0 Å². The summed E-state index contributed by atoms with van der Waals surface area (Å²) in [4.78, 5) is 0. The second kappa shape index (κ2) is 3.34. The molecule has 0 bridgehead atoms. The minimum Gasteiger partial charge on any atom is -0.392 e. The van der Waals surface area contributed by atoms with E-state index in [2.05, 4.69) is 28.7 Å². The summed E-state index contributed by atoms with van der Waals surface area (Å²) in [6.07, 6.45) is 0. The number of benzene rings is 1.